The fourth-order valence-corrected chi connectivity index (χ4v) is 2.34. The molecule has 1 aliphatic heterocycles. The van der Waals surface area contributed by atoms with Crippen LogP contribution in [0.3, 0.4) is 0 Å². The van der Waals surface area contributed by atoms with E-state index in [9.17, 15) is 5.11 Å². The molecule has 0 aromatic carbocycles. The van der Waals surface area contributed by atoms with Gasteiger partial charge >= 0.3 is 0 Å². The molecule has 0 amide bonds. The van der Waals surface area contributed by atoms with E-state index in [1.54, 1.807) is 6.20 Å². The first-order chi connectivity index (χ1) is 10.6. The summed E-state index contributed by atoms with van der Waals surface area (Å²) in [6.07, 6.45) is 2.47. The molecule has 0 aliphatic carbocycles. The van der Waals surface area contributed by atoms with Crippen molar-refractivity contribution in [3.63, 3.8) is 0 Å². The van der Waals surface area contributed by atoms with Gasteiger partial charge in [-0.2, -0.15) is 0 Å². The van der Waals surface area contributed by atoms with Crippen LogP contribution in [0.5, 0.6) is 5.88 Å². The maximum atomic E-state index is 9.66. The fourth-order valence-electron chi connectivity index (χ4n) is 2.34. The van der Waals surface area contributed by atoms with Gasteiger partial charge in [0.25, 0.3) is 0 Å². The number of aliphatic hydroxyl groups excluding tert-OH is 1. The Morgan fingerprint density at radius 2 is 2.36 bits per heavy atom. The average molecular weight is 306 g/mol. The number of aliphatic imine (C=N–C) groups is 1. The molecule has 1 atom stereocenters. The summed E-state index contributed by atoms with van der Waals surface area (Å²) in [5.41, 5.74) is 1.03. The number of nitrogens with one attached hydrogen (secondary N) is 1. The van der Waals surface area contributed by atoms with E-state index in [2.05, 4.69) is 20.2 Å². The number of nitrogens with zero attached hydrogens (tertiary/aromatic N) is 3. The molecule has 22 heavy (non-hydrogen) atoms. The third-order valence-electron chi connectivity index (χ3n) is 3.36. The molecule has 122 valence electrons. The third kappa shape index (κ3) is 4.87. The van der Waals surface area contributed by atoms with Gasteiger partial charge in [-0.3, -0.25) is 0 Å². The molecule has 2 heterocycles. The number of aliphatic hydroxyl groups is 1. The molecule has 1 fully saturated rings. The second-order valence-corrected chi connectivity index (χ2v) is 5.73. The van der Waals surface area contributed by atoms with Gasteiger partial charge in [-0.05, 0) is 32.8 Å². The lowest BCUT2D eigenvalue weighted by atomic mass is 10.3. The Balaban J connectivity index is 1.97. The Morgan fingerprint density at radius 3 is 2.91 bits per heavy atom. The highest BCUT2D eigenvalue weighted by atomic mass is 16.5. The molecule has 1 aromatic heterocycles. The van der Waals surface area contributed by atoms with Gasteiger partial charge in [-0.25, -0.2) is 9.98 Å². The largest absolute Gasteiger partial charge is 0.475 e. The van der Waals surface area contributed by atoms with Crippen molar-refractivity contribution < 1.29 is 9.84 Å². The Morgan fingerprint density at radius 1 is 1.55 bits per heavy atom. The predicted molar refractivity (Wildman–Crippen MR) is 87.0 cm³/mol. The summed E-state index contributed by atoms with van der Waals surface area (Å²) >= 11 is 0. The molecule has 0 unspecified atom stereocenters. The van der Waals surface area contributed by atoms with Crippen molar-refractivity contribution in [3.05, 3.63) is 23.9 Å². The SMILES string of the molecule is CCNC(=NCc1ccc(OC(C)C)nc1)N1CC[C@@H](O)C1. The van der Waals surface area contributed by atoms with Crippen molar-refractivity contribution in [2.45, 2.75) is 45.9 Å². The van der Waals surface area contributed by atoms with Gasteiger partial charge in [0, 0.05) is 31.9 Å². The number of ether oxygens (including phenoxy) is 1. The van der Waals surface area contributed by atoms with Crippen molar-refractivity contribution >= 4 is 5.96 Å². The molecular formula is C16H26N4O2. The Kier molecular flexibility index (Phi) is 6.00. The summed E-state index contributed by atoms with van der Waals surface area (Å²) in [6.45, 7) is 8.86. The van der Waals surface area contributed by atoms with Gasteiger partial charge in [0.15, 0.2) is 5.96 Å². The molecule has 1 aromatic rings. The fraction of sp³-hybridized carbons (Fsp3) is 0.625. The minimum Gasteiger partial charge on any atom is -0.475 e. The average Bonchev–Trinajstić information content (AvgIpc) is 2.91. The number of rotatable bonds is 5. The number of hydrogen-bond donors (Lipinski definition) is 2. The number of pyridine rings is 1. The second-order valence-electron chi connectivity index (χ2n) is 5.73. The summed E-state index contributed by atoms with van der Waals surface area (Å²) in [7, 11) is 0. The zero-order valence-corrected chi connectivity index (χ0v) is 13.6. The van der Waals surface area contributed by atoms with Crippen LogP contribution in [-0.4, -0.2) is 52.8 Å². The van der Waals surface area contributed by atoms with Crippen LogP contribution in [0.25, 0.3) is 0 Å². The van der Waals surface area contributed by atoms with Crippen molar-refractivity contribution in [2.75, 3.05) is 19.6 Å². The first-order valence-corrected chi connectivity index (χ1v) is 7.91. The minimum atomic E-state index is -0.252. The standard InChI is InChI=1S/C16H26N4O2/c1-4-17-16(20-8-7-14(21)11-20)19-10-13-5-6-15(18-9-13)22-12(2)3/h5-6,9,12,14,21H,4,7-8,10-11H2,1-3H3,(H,17,19)/t14-/m1/s1. The lowest BCUT2D eigenvalue weighted by Crippen LogP contribution is -2.40. The van der Waals surface area contributed by atoms with Crippen molar-refractivity contribution in [1.29, 1.82) is 0 Å². The molecule has 2 rings (SSSR count). The topological polar surface area (TPSA) is 70.0 Å². The molecule has 0 spiro atoms. The van der Waals surface area contributed by atoms with Crippen LogP contribution in [0, 0.1) is 0 Å². The van der Waals surface area contributed by atoms with Crippen LogP contribution in [-0.2, 0) is 6.54 Å². The first-order valence-electron chi connectivity index (χ1n) is 7.91. The highest BCUT2D eigenvalue weighted by Crippen LogP contribution is 2.12. The van der Waals surface area contributed by atoms with Gasteiger partial charge in [-0.1, -0.05) is 6.07 Å². The van der Waals surface area contributed by atoms with E-state index >= 15 is 0 Å². The molecule has 2 N–H and O–H groups in total. The maximum Gasteiger partial charge on any atom is 0.213 e. The second kappa shape index (κ2) is 7.98. The number of aromatic nitrogens is 1. The summed E-state index contributed by atoms with van der Waals surface area (Å²) in [5, 5.41) is 12.9. The molecule has 0 bridgehead atoms. The van der Waals surface area contributed by atoms with Crippen molar-refractivity contribution in [1.82, 2.24) is 15.2 Å². The molecular weight excluding hydrogens is 280 g/mol. The Hall–Kier alpha value is -1.82. The number of hydrogen-bond acceptors (Lipinski definition) is 4. The van der Waals surface area contributed by atoms with Crippen molar-refractivity contribution in [2.24, 2.45) is 4.99 Å². The minimum absolute atomic E-state index is 0.123. The van der Waals surface area contributed by atoms with E-state index in [1.165, 1.54) is 0 Å². The Bertz CT molecular complexity index is 487. The summed E-state index contributed by atoms with van der Waals surface area (Å²) in [4.78, 5) is 11.0. The molecule has 0 saturated carbocycles. The monoisotopic (exact) mass is 306 g/mol. The van der Waals surface area contributed by atoms with Crippen LogP contribution < -0.4 is 10.1 Å². The third-order valence-corrected chi connectivity index (χ3v) is 3.36. The van der Waals surface area contributed by atoms with E-state index in [0.717, 1.165) is 31.0 Å². The molecule has 6 nitrogen and oxygen atoms in total. The first kappa shape index (κ1) is 16.5. The van der Waals surface area contributed by atoms with E-state index in [0.29, 0.717) is 19.0 Å². The maximum absolute atomic E-state index is 9.66. The lowest BCUT2D eigenvalue weighted by Gasteiger charge is -2.20. The zero-order chi connectivity index (χ0) is 15.9. The number of likely N-dealkylation sites (tertiary alicyclic amines) is 1. The quantitative estimate of drug-likeness (QED) is 0.636. The zero-order valence-electron chi connectivity index (χ0n) is 13.6. The molecule has 1 aliphatic rings. The van der Waals surface area contributed by atoms with Gasteiger partial charge in [0.1, 0.15) is 0 Å². The molecule has 6 heteroatoms. The molecule has 1 saturated heterocycles. The van der Waals surface area contributed by atoms with Crippen molar-refractivity contribution in [3.8, 4) is 5.88 Å². The van der Waals surface area contributed by atoms with Gasteiger partial charge in [0.2, 0.25) is 5.88 Å². The van der Waals surface area contributed by atoms with Crippen LogP contribution in [0.2, 0.25) is 0 Å². The molecule has 0 radical (unpaired) electrons. The van der Waals surface area contributed by atoms with E-state index in [-0.39, 0.29) is 12.2 Å². The van der Waals surface area contributed by atoms with Gasteiger partial charge in [-0.15, -0.1) is 0 Å². The van der Waals surface area contributed by atoms with Crippen LogP contribution in [0.4, 0.5) is 0 Å². The van der Waals surface area contributed by atoms with Gasteiger partial charge in [0.05, 0.1) is 18.8 Å². The van der Waals surface area contributed by atoms with E-state index in [1.807, 2.05) is 32.9 Å². The number of β-amino-alcohol motifs (C(OH)–C–C–N with tert-alkyl or cyclic N) is 1. The summed E-state index contributed by atoms with van der Waals surface area (Å²) < 4.78 is 5.53. The summed E-state index contributed by atoms with van der Waals surface area (Å²) in [6, 6.07) is 3.86. The summed E-state index contributed by atoms with van der Waals surface area (Å²) in [5.74, 6) is 1.49. The number of guanidine groups is 1. The van der Waals surface area contributed by atoms with E-state index < -0.39 is 0 Å². The Labute approximate surface area is 132 Å². The lowest BCUT2D eigenvalue weighted by molar-refractivity contribution is 0.188. The van der Waals surface area contributed by atoms with Gasteiger partial charge < -0.3 is 20.1 Å². The van der Waals surface area contributed by atoms with Crippen LogP contribution in [0.15, 0.2) is 23.3 Å². The highest BCUT2D eigenvalue weighted by molar-refractivity contribution is 5.80. The van der Waals surface area contributed by atoms with E-state index in [4.69, 9.17) is 4.74 Å². The highest BCUT2D eigenvalue weighted by Gasteiger charge is 2.22. The smallest absolute Gasteiger partial charge is 0.213 e. The van der Waals surface area contributed by atoms with Crippen LogP contribution >= 0.6 is 0 Å². The van der Waals surface area contributed by atoms with Crippen LogP contribution in [0.1, 0.15) is 32.8 Å². The normalized spacial score (nSPS) is 18.9. The predicted octanol–water partition coefficient (Wildman–Crippen LogP) is 1.40.